The molecule has 0 saturated carbocycles. The van der Waals surface area contributed by atoms with Crippen LogP contribution in [0.4, 0.5) is 0 Å². The average molecular weight is 171 g/mol. The average Bonchev–Trinajstić information content (AvgIpc) is 1.96. The number of rotatable bonds is 6. The molecule has 0 spiro atoms. The summed E-state index contributed by atoms with van der Waals surface area (Å²) in [6, 6.07) is 0.303. The summed E-state index contributed by atoms with van der Waals surface area (Å²) in [7, 11) is 0. The van der Waals surface area contributed by atoms with Gasteiger partial charge in [-0.15, -0.1) is 0 Å². The molecule has 0 aliphatic heterocycles. The normalized spacial score (nSPS) is 13.4. The first-order chi connectivity index (χ1) is 5.57. The molecule has 0 amide bonds. The van der Waals surface area contributed by atoms with Crippen LogP contribution >= 0.6 is 0 Å². The number of hydrogen-bond acceptors (Lipinski definition) is 2. The van der Waals surface area contributed by atoms with Crippen molar-refractivity contribution in [2.45, 2.75) is 39.8 Å². The Morgan fingerprint density at radius 2 is 2.08 bits per heavy atom. The third-order valence-electron chi connectivity index (χ3n) is 1.64. The van der Waals surface area contributed by atoms with Crippen molar-refractivity contribution in [1.29, 1.82) is 0 Å². The molecule has 0 radical (unpaired) electrons. The van der Waals surface area contributed by atoms with Gasteiger partial charge in [0, 0.05) is 0 Å². The van der Waals surface area contributed by atoms with E-state index in [1.54, 1.807) is 0 Å². The Morgan fingerprint density at radius 3 is 2.42 bits per heavy atom. The van der Waals surface area contributed by atoms with E-state index in [2.05, 4.69) is 18.8 Å². The fourth-order valence-corrected chi connectivity index (χ4v) is 0.910. The highest BCUT2D eigenvalue weighted by Gasteiger charge is 2.07. The number of nitrogens with one attached hydrogen (secondary N) is 1. The van der Waals surface area contributed by atoms with Gasteiger partial charge >= 0.3 is 0 Å². The first-order valence-electron chi connectivity index (χ1n) is 4.58. The fourth-order valence-electron chi connectivity index (χ4n) is 0.910. The van der Waals surface area contributed by atoms with Gasteiger partial charge in [-0.3, -0.25) is 0 Å². The second-order valence-electron chi connectivity index (χ2n) is 3.34. The predicted molar refractivity (Wildman–Crippen MR) is 53.4 cm³/mol. The van der Waals surface area contributed by atoms with Gasteiger partial charge in [-0.05, 0) is 27.3 Å². The van der Waals surface area contributed by atoms with E-state index in [1.165, 1.54) is 0 Å². The highest BCUT2D eigenvalue weighted by Crippen LogP contribution is 2.00. The summed E-state index contributed by atoms with van der Waals surface area (Å²) < 4.78 is 5.49. The molecule has 0 bridgehead atoms. The van der Waals surface area contributed by atoms with Gasteiger partial charge in [0.25, 0.3) is 0 Å². The zero-order valence-corrected chi connectivity index (χ0v) is 8.68. The summed E-state index contributed by atoms with van der Waals surface area (Å²) in [5.41, 5.74) is 1.14. The van der Waals surface area contributed by atoms with Crippen LogP contribution in [0.3, 0.4) is 0 Å². The summed E-state index contributed by atoms with van der Waals surface area (Å²) in [6.07, 6.45) is 0.297. The van der Waals surface area contributed by atoms with Crippen molar-refractivity contribution in [3.8, 4) is 0 Å². The summed E-state index contributed by atoms with van der Waals surface area (Å²) in [5.74, 6) is 0. The van der Waals surface area contributed by atoms with Crippen molar-refractivity contribution in [1.82, 2.24) is 5.32 Å². The Morgan fingerprint density at radius 1 is 1.50 bits per heavy atom. The summed E-state index contributed by atoms with van der Waals surface area (Å²) >= 11 is 0. The second-order valence-corrected chi connectivity index (χ2v) is 3.34. The molecule has 72 valence electrons. The molecule has 1 unspecified atom stereocenters. The van der Waals surface area contributed by atoms with Crippen molar-refractivity contribution in [3.05, 3.63) is 12.2 Å². The van der Waals surface area contributed by atoms with E-state index in [0.717, 1.165) is 18.7 Å². The van der Waals surface area contributed by atoms with Crippen molar-refractivity contribution in [2.24, 2.45) is 0 Å². The Hall–Kier alpha value is -0.340. The van der Waals surface area contributed by atoms with Crippen LogP contribution in [0.15, 0.2) is 12.2 Å². The Bertz CT molecular complexity index is 132. The van der Waals surface area contributed by atoms with E-state index in [1.807, 2.05) is 20.8 Å². The van der Waals surface area contributed by atoms with E-state index in [0.29, 0.717) is 12.1 Å². The first-order valence-corrected chi connectivity index (χ1v) is 4.58. The molecule has 0 aliphatic carbocycles. The SMILES string of the molecule is C=C(C)C(COC(C)C)NCC. The minimum atomic E-state index is 0.297. The molecule has 2 heteroatoms. The highest BCUT2D eigenvalue weighted by molar-refractivity contribution is 5.01. The maximum absolute atomic E-state index is 5.49. The summed E-state index contributed by atoms with van der Waals surface area (Å²) in [6.45, 7) is 13.8. The minimum absolute atomic E-state index is 0.297. The third-order valence-corrected chi connectivity index (χ3v) is 1.64. The Kier molecular flexibility index (Phi) is 6.03. The maximum atomic E-state index is 5.49. The zero-order chi connectivity index (χ0) is 9.56. The number of ether oxygens (including phenoxy) is 1. The zero-order valence-electron chi connectivity index (χ0n) is 8.68. The summed E-state index contributed by atoms with van der Waals surface area (Å²) in [5, 5.41) is 3.31. The molecule has 12 heavy (non-hydrogen) atoms. The van der Waals surface area contributed by atoms with Crippen molar-refractivity contribution >= 4 is 0 Å². The third kappa shape index (κ3) is 5.33. The lowest BCUT2D eigenvalue weighted by Gasteiger charge is -2.19. The van der Waals surface area contributed by atoms with Crippen molar-refractivity contribution in [2.75, 3.05) is 13.2 Å². The molecule has 0 rings (SSSR count). The van der Waals surface area contributed by atoms with E-state index < -0.39 is 0 Å². The number of hydrogen-bond donors (Lipinski definition) is 1. The Labute approximate surface area is 76.0 Å². The standard InChI is InChI=1S/C10H21NO/c1-6-11-10(8(2)3)7-12-9(4)5/h9-11H,2,6-7H2,1,3-5H3. The van der Waals surface area contributed by atoms with Crippen molar-refractivity contribution < 1.29 is 4.74 Å². The van der Waals surface area contributed by atoms with Crippen LogP contribution in [0.2, 0.25) is 0 Å². The molecule has 0 heterocycles. The van der Waals surface area contributed by atoms with Crippen LogP contribution in [0, 0.1) is 0 Å². The van der Waals surface area contributed by atoms with Crippen LogP contribution in [-0.4, -0.2) is 25.3 Å². The monoisotopic (exact) mass is 171 g/mol. The molecule has 0 aromatic heterocycles. The van der Waals surface area contributed by atoms with Gasteiger partial charge in [-0.2, -0.15) is 0 Å². The maximum Gasteiger partial charge on any atom is 0.0661 e. The van der Waals surface area contributed by atoms with Gasteiger partial charge in [-0.1, -0.05) is 19.1 Å². The van der Waals surface area contributed by atoms with Gasteiger partial charge in [-0.25, -0.2) is 0 Å². The van der Waals surface area contributed by atoms with E-state index >= 15 is 0 Å². The lowest BCUT2D eigenvalue weighted by Crippen LogP contribution is -2.34. The summed E-state index contributed by atoms with van der Waals surface area (Å²) in [4.78, 5) is 0. The molecule has 0 aromatic carbocycles. The van der Waals surface area contributed by atoms with E-state index in [-0.39, 0.29) is 0 Å². The van der Waals surface area contributed by atoms with Crippen LogP contribution in [0.5, 0.6) is 0 Å². The lowest BCUT2D eigenvalue weighted by molar-refractivity contribution is 0.0679. The van der Waals surface area contributed by atoms with Crippen LogP contribution in [-0.2, 0) is 4.74 Å². The Balaban J connectivity index is 3.71. The molecule has 2 nitrogen and oxygen atoms in total. The van der Waals surface area contributed by atoms with Crippen LogP contribution in [0.1, 0.15) is 27.7 Å². The second kappa shape index (κ2) is 6.21. The van der Waals surface area contributed by atoms with E-state index in [9.17, 15) is 0 Å². The van der Waals surface area contributed by atoms with Gasteiger partial charge in [0.2, 0.25) is 0 Å². The molecule has 0 aromatic rings. The molecule has 0 aliphatic rings. The molecular weight excluding hydrogens is 150 g/mol. The van der Waals surface area contributed by atoms with Crippen LogP contribution in [0.25, 0.3) is 0 Å². The van der Waals surface area contributed by atoms with Crippen LogP contribution < -0.4 is 5.32 Å². The minimum Gasteiger partial charge on any atom is -0.377 e. The molecular formula is C10H21NO. The fraction of sp³-hybridized carbons (Fsp3) is 0.800. The highest BCUT2D eigenvalue weighted by atomic mass is 16.5. The largest absolute Gasteiger partial charge is 0.377 e. The molecule has 1 N–H and O–H groups in total. The lowest BCUT2D eigenvalue weighted by atomic mass is 10.1. The number of likely N-dealkylation sites (N-methyl/N-ethyl adjacent to an activating group) is 1. The topological polar surface area (TPSA) is 21.3 Å². The van der Waals surface area contributed by atoms with E-state index in [4.69, 9.17) is 4.74 Å². The molecule has 0 fully saturated rings. The smallest absolute Gasteiger partial charge is 0.0661 e. The van der Waals surface area contributed by atoms with Gasteiger partial charge in [0.15, 0.2) is 0 Å². The van der Waals surface area contributed by atoms with Crippen molar-refractivity contribution in [3.63, 3.8) is 0 Å². The predicted octanol–water partition coefficient (Wildman–Crippen LogP) is 1.97. The quantitative estimate of drug-likeness (QED) is 0.617. The molecule has 0 saturated heterocycles. The molecule has 1 atom stereocenters. The van der Waals surface area contributed by atoms with Gasteiger partial charge < -0.3 is 10.1 Å². The van der Waals surface area contributed by atoms with Gasteiger partial charge in [0.1, 0.15) is 0 Å². The first kappa shape index (κ1) is 11.7. The van der Waals surface area contributed by atoms with Gasteiger partial charge in [0.05, 0.1) is 18.8 Å².